The van der Waals surface area contributed by atoms with Gasteiger partial charge < -0.3 is 14.2 Å². The molecule has 3 aromatic carbocycles. The molecule has 0 unspecified atom stereocenters. The Kier molecular flexibility index (Phi) is 6.35. The molecule has 1 fully saturated rings. The van der Waals surface area contributed by atoms with Gasteiger partial charge in [-0.05, 0) is 40.7 Å². The van der Waals surface area contributed by atoms with Gasteiger partial charge in [0.2, 0.25) is 5.90 Å². The van der Waals surface area contributed by atoms with E-state index in [2.05, 4.69) is 24.3 Å². The lowest BCUT2D eigenvalue weighted by Crippen LogP contribution is -2.42. The monoisotopic (exact) mass is 510 g/mol. The van der Waals surface area contributed by atoms with Crippen molar-refractivity contribution in [3.63, 3.8) is 0 Å². The van der Waals surface area contributed by atoms with Crippen LogP contribution in [0.2, 0.25) is 0 Å². The molecule has 1 amide bonds. The van der Waals surface area contributed by atoms with Gasteiger partial charge >= 0.3 is 12.1 Å². The van der Waals surface area contributed by atoms with E-state index in [1.54, 1.807) is 4.90 Å². The van der Waals surface area contributed by atoms with Crippen molar-refractivity contribution in [2.75, 3.05) is 26.9 Å². The van der Waals surface area contributed by atoms with Crippen LogP contribution in [0.4, 0.5) is 4.79 Å². The van der Waals surface area contributed by atoms with E-state index in [0.717, 1.165) is 12.0 Å². The summed E-state index contributed by atoms with van der Waals surface area (Å²) in [6, 6.07) is 25.9. The zero-order valence-corrected chi connectivity index (χ0v) is 21.3. The Hall–Kier alpha value is -4.13. The maximum atomic E-state index is 13.3. The lowest BCUT2D eigenvalue weighted by Gasteiger charge is -2.24. The number of fused-ring (bicyclic) bond motifs is 3. The fourth-order valence-electron chi connectivity index (χ4n) is 5.95. The summed E-state index contributed by atoms with van der Waals surface area (Å²) in [5.41, 5.74) is 4.52. The maximum Gasteiger partial charge on any atom is 0.410 e. The third-order valence-corrected chi connectivity index (χ3v) is 7.80. The summed E-state index contributed by atoms with van der Waals surface area (Å²) in [5.74, 6) is -0.0512. The highest BCUT2D eigenvalue weighted by Crippen LogP contribution is 2.44. The number of carbonyl (C=O) groups excluding carboxylic acids is 2. The summed E-state index contributed by atoms with van der Waals surface area (Å²) in [6.07, 6.45) is 1.48. The predicted octanol–water partition coefficient (Wildman–Crippen LogP) is 4.98. The zero-order valence-electron chi connectivity index (χ0n) is 21.3. The standard InChI is InChI=1S/C31H30N2O5/c1-36-29(34)31(18-21-10-3-2-4-11-21)20-38-28(32-31)27-16-9-17-33(27)30(35)37-19-26-24-14-7-5-12-22(24)23-13-6-8-15-25(23)26/h2-8,10-15,26-27H,9,16-20H2,1H3/t27-,31+/m0/s1. The van der Waals surface area contributed by atoms with Crippen LogP contribution in [0.15, 0.2) is 83.9 Å². The third kappa shape index (κ3) is 4.22. The number of hydrogen-bond donors (Lipinski definition) is 0. The number of aliphatic imine (C=N–C) groups is 1. The number of amides is 1. The van der Waals surface area contributed by atoms with Gasteiger partial charge in [0.25, 0.3) is 0 Å². The molecular weight excluding hydrogens is 480 g/mol. The molecule has 0 spiro atoms. The van der Waals surface area contributed by atoms with Crippen molar-refractivity contribution in [2.24, 2.45) is 4.99 Å². The van der Waals surface area contributed by atoms with Crippen molar-refractivity contribution in [3.05, 3.63) is 95.6 Å². The van der Waals surface area contributed by atoms with E-state index in [1.807, 2.05) is 54.6 Å². The molecule has 2 heterocycles. The molecule has 3 aromatic rings. The molecule has 1 saturated heterocycles. The van der Waals surface area contributed by atoms with Crippen LogP contribution < -0.4 is 0 Å². The van der Waals surface area contributed by atoms with Crippen molar-refractivity contribution in [1.29, 1.82) is 0 Å². The number of hydrogen-bond acceptors (Lipinski definition) is 6. The minimum atomic E-state index is -1.17. The molecule has 0 bridgehead atoms. The second-order valence-corrected chi connectivity index (χ2v) is 10.1. The summed E-state index contributed by atoms with van der Waals surface area (Å²) in [4.78, 5) is 32.6. The summed E-state index contributed by atoms with van der Waals surface area (Å²) < 4.78 is 17.0. The summed E-state index contributed by atoms with van der Waals surface area (Å²) >= 11 is 0. The molecule has 0 N–H and O–H groups in total. The van der Waals surface area contributed by atoms with E-state index in [-0.39, 0.29) is 31.3 Å². The van der Waals surface area contributed by atoms with E-state index in [9.17, 15) is 9.59 Å². The summed E-state index contributed by atoms with van der Waals surface area (Å²) in [7, 11) is 1.36. The van der Waals surface area contributed by atoms with E-state index >= 15 is 0 Å². The average Bonchev–Trinajstić information content (AvgIpc) is 3.69. The third-order valence-electron chi connectivity index (χ3n) is 7.80. The van der Waals surface area contributed by atoms with Crippen molar-refractivity contribution in [1.82, 2.24) is 4.90 Å². The molecule has 1 aliphatic carbocycles. The second-order valence-electron chi connectivity index (χ2n) is 10.1. The van der Waals surface area contributed by atoms with Gasteiger partial charge in [-0.15, -0.1) is 0 Å². The van der Waals surface area contributed by atoms with Crippen molar-refractivity contribution in [2.45, 2.75) is 36.8 Å². The first-order valence-corrected chi connectivity index (χ1v) is 13.1. The second kappa shape index (κ2) is 9.97. The van der Waals surface area contributed by atoms with Crippen LogP contribution in [-0.4, -0.2) is 61.3 Å². The van der Waals surface area contributed by atoms with Crippen molar-refractivity contribution >= 4 is 18.0 Å². The lowest BCUT2D eigenvalue weighted by molar-refractivity contribution is -0.147. The summed E-state index contributed by atoms with van der Waals surface area (Å²) in [6.45, 7) is 0.885. The Labute approximate surface area is 222 Å². The molecule has 6 rings (SSSR count). The Balaban J connectivity index is 1.19. The van der Waals surface area contributed by atoms with Crippen molar-refractivity contribution < 1.29 is 23.8 Å². The minimum Gasteiger partial charge on any atom is -0.476 e. The maximum absolute atomic E-state index is 13.3. The molecule has 3 aliphatic rings. The number of methoxy groups -OCH3 is 1. The Morgan fingerprint density at radius 1 is 0.974 bits per heavy atom. The van der Waals surface area contributed by atoms with E-state index in [1.165, 1.54) is 29.4 Å². The Morgan fingerprint density at radius 2 is 1.63 bits per heavy atom. The minimum absolute atomic E-state index is 0.00896. The van der Waals surface area contributed by atoms with Gasteiger partial charge in [-0.1, -0.05) is 78.9 Å². The molecule has 2 aliphatic heterocycles. The SMILES string of the molecule is COC(=O)[C@@]1(Cc2ccccc2)COC([C@@H]2CCCN2C(=O)OCC2c3ccccc3-c3ccccc32)=N1. The molecular formula is C31H30N2O5. The fraction of sp³-hybridized carbons (Fsp3) is 0.323. The fourth-order valence-corrected chi connectivity index (χ4v) is 5.95. The van der Waals surface area contributed by atoms with Crippen LogP contribution in [0.5, 0.6) is 0 Å². The molecule has 194 valence electrons. The smallest absolute Gasteiger partial charge is 0.410 e. The lowest BCUT2D eigenvalue weighted by atomic mass is 9.92. The van der Waals surface area contributed by atoms with Crippen LogP contribution in [0.1, 0.15) is 35.4 Å². The molecule has 38 heavy (non-hydrogen) atoms. The normalized spacial score (nSPS) is 21.9. The highest BCUT2D eigenvalue weighted by Gasteiger charge is 2.48. The molecule has 2 atom stereocenters. The molecule has 0 saturated carbocycles. The number of rotatable bonds is 6. The van der Waals surface area contributed by atoms with E-state index < -0.39 is 11.5 Å². The van der Waals surface area contributed by atoms with Crippen LogP contribution >= 0.6 is 0 Å². The van der Waals surface area contributed by atoms with Crippen LogP contribution in [0.25, 0.3) is 11.1 Å². The van der Waals surface area contributed by atoms with Crippen LogP contribution in [0.3, 0.4) is 0 Å². The number of esters is 1. The number of likely N-dealkylation sites (tertiary alicyclic amines) is 1. The first kappa shape index (κ1) is 24.2. The van der Waals surface area contributed by atoms with Gasteiger partial charge in [0.05, 0.1) is 7.11 Å². The van der Waals surface area contributed by atoms with Gasteiger partial charge in [0.15, 0.2) is 5.54 Å². The Bertz CT molecular complexity index is 1340. The van der Waals surface area contributed by atoms with Crippen LogP contribution in [0, 0.1) is 0 Å². The first-order chi connectivity index (χ1) is 18.6. The quantitative estimate of drug-likeness (QED) is 0.437. The van der Waals surface area contributed by atoms with Gasteiger partial charge in [0, 0.05) is 18.9 Å². The highest BCUT2D eigenvalue weighted by atomic mass is 16.6. The number of carbonyl (C=O) groups is 2. The topological polar surface area (TPSA) is 77.4 Å². The van der Waals surface area contributed by atoms with Crippen LogP contribution in [-0.2, 0) is 25.4 Å². The molecule has 0 radical (unpaired) electrons. The molecule has 7 nitrogen and oxygen atoms in total. The highest BCUT2D eigenvalue weighted by molar-refractivity contribution is 5.93. The van der Waals surface area contributed by atoms with Gasteiger partial charge in [-0.25, -0.2) is 14.6 Å². The summed E-state index contributed by atoms with van der Waals surface area (Å²) in [5, 5.41) is 0. The number of nitrogens with zero attached hydrogens (tertiary/aromatic N) is 2. The number of benzene rings is 3. The van der Waals surface area contributed by atoms with Gasteiger partial charge in [-0.3, -0.25) is 4.90 Å². The molecule has 0 aromatic heterocycles. The van der Waals surface area contributed by atoms with E-state index in [4.69, 9.17) is 19.2 Å². The zero-order chi connectivity index (χ0) is 26.1. The van der Waals surface area contributed by atoms with Crippen molar-refractivity contribution in [3.8, 4) is 11.1 Å². The first-order valence-electron chi connectivity index (χ1n) is 13.1. The van der Waals surface area contributed by atoms with Gasteiger partial charge in [0.1, 0.15) is 19.3 Å². The number of ether oxygens (including phenoxy) is 3. The van der Waals surface area contributed by atoms with E-state index in [0.29, 0.717) is 25.3 Å². The molecule has 7 heteroatoms. The predicted molar refractivity (Wildman–Crippen MR) is 143 cm³/mol. The Morgan fingerprint density at radius 3 is 2.32 bits per heavy atom. The van der Waals surface area contributed by atoms with Gasteiger partial charge in [-0.2, -0.15) is 0 Å². The largest absolute Gasteiger partial charge is 0.476 e. The average molecular weight is 511 g/mol.